The lowest BCUT2D eigenvalue weighted by atomic mass is 9.96. The smallest absolute Gasteiger partial charge is 0.304 e. The number of carbonyl (C=O) groups excluding carboxylic acids is 1. The maximum Gasteiger partial charge on any atom is 0.304 e. The van der Waals surface area contributed by atoms with Gasteiger partial charge in [0, 0.05) is 13.6 Å². The van der Waals surface area contributed by atoms with E-state index in [1.807, 2.05) is 20.8 Å². The van der Waals surface area contributed by atoms with Gasteiger partial charge in [-0.1, -0.05) is 26.8 Å². The SMILES string of the molecule is CN(CC(C)(C)C)C(=O)c1cccc(N)c1[N+](=O)[O-]. The first-order valence-electron chi connectivity index (χ1n) is 5.92. The normalized spacial score (nSPS) is 11.2. The molecule has 0 heterocycles. The second kappa shape index (κ2) is 5.26. The van der Waals surface area contributed by atoms with Gasteiger partial charge in [0.05, 0.1) is 4.92 Å². The van der Waals surface area contributed by atoms with E-state index in [1.54, 1.807) is 13.1 Å². The number of nitro groups is 1. The van der Waals surface area contributed by atoms with Crippen LogP contribution in [0.2, 0.25) is 0 Å². The van der Waals surface area contributed by atoms with E-state index in [4.69, 9.17) is 5.73 Å². The highest BCUT2D eigenvalue weighted by Gasteiger charge is 2.27. The van der Waals surface area contributed by atoms with Gasteiger partial charge in [-0.05, 0) is 17.5 Å². The Morgan fingerprint density at radius 1 is 1.42 bits per heavy atom. The number of nitrogens with zero attached hydrogens (tertiary/aromatic N) is 2. The first-order chi connectivity index (χ1) is 8.63. The van der Waals surface area contributed by atoms with Crippen molar-refractivity contribution in [3.63, 3.8) is 0 Å². The van der Waals surface area contributed by atoms with Crippen LogP contribution >= 0.6 is 0 Å². The average Bonchev–Trinajstić information content (AvgIpc) is 2.24. The van der Waals surface area contributed by atoms with E-state index in [9.17, 15) is 14.9 Å². The molecule has 0 aliphatic carbocycles. The molecule has 0 aliphatic heterocycles. The zero-order valence-corrected chi connectivity index (χ0v) is 11.6. The fourth-order valence-electron chi connectivity index (χ4n) is 1.93. The predicted molar refractivity (Wildman–Crippen MR) is 73.9 cm³/mol. The molecule has 1 rings (SSSR count). The minimum atomic E-state index is -0.618. The lowest BCUT2D eigenvalue weighted by Crippen LogP contribution is -2.34. The van der Waals surface area contributed by atoms with E-state index >= 15 is 0 Å². The molecule has 1 aromatic carbocycles. The molecule has 0 fully saturated rings. The van der Waals surface area contributed by atoms with Crippen LogP contribution in [0.15, 0.2) is 18.2 Å². The van der Waals surface area contributed by atoms with Crippen molar-refractivity contribution in [2.45, 2.75) is 20.8 Å². The molecule has 0 saturated carbocycles. The van der Waals surface area contributed by atoms with Gasteiger partial charge in [0.25, 0.3) is 5.91 Å². The van der Waals surface area contributed by atoms with Crippen LogP contribution in [0.3, 0.4) is 0 Å². The summed E-state index contributed by atoms with van der Waals surface area (Å²) in [6.45, 7) is 6.47. The summed E-state index contributed by atoms with van der Waals surface area (Å²) in [5, 5.41) is 11.0. The number of hydrogen-bond donors (Lipinski definition) is 1. The van der Waals surface area contributed by atoms with Crippen LogP contribution in [0.4, 0.5) is 11.4 Å². The summed E-state index contributed by atoms with van der Waals surface area (Å²) in [5.41, 5.74) is 5.19. The van der Waals surface area contributed by atoms with E-state index in [-0.39, 0.29) is 22.4 Å². The molecule has 6 nitrogen and oxygen atoms in total. The molecule has 1 amide bonds. The Balaban J connectivity index is 3.13. The second-order valence-corrected chi connectivity index (χ2v) is 5.72. The first-order valence-corrected chi connectivity index (χ1v) is 5.92. The lowest BCUT2D eigenvalue weighted by Gasteiger charge is -2.26. The molecular formula is C13H19N3O3. The fourth-order valence-corrected chi connectivity index (χ4v) is 1.93. The van der Waals surface area contributed by atoms with E-state index < -0.39 is 10.8 Å². The van der Waals surface area contributed by atoms with Crippen molar-refractivity contribution in [2.24, 2.45) is 5.41 Å². The lowest BCUT2D eigenvalue weighted by molar-refractivity contribution is -0.384. The number of para-hydroxylation sites is 1. The number of nitrogens with two attached hydrogens (primary N) is 1. The Kier molecular flexibility index (Phi) is 4.14. The molecule has 2 N–H and O–H groups in total. The molecule has 6 heteroatoms. The van der Waals surface area contributed by atoms with Crippen LogP contribution in [0.1, 0.15) is 31.1 Å². The minimum Gasteiger partial charge on any atom is -0.393 e. The summed E-state index contributed by atoms with van der Waals surface area (Å²) >= 11 is 0. The van der Waals surface area contributed by atoms with Crippen molar-refractivity contribution < 1.29 is 9.72 Å². The quantitative estimate of drug-likeness (QED) is 0.516. The van der Waals surface area contributed by atoms with E-state index in [1.165, 1.54) is 17.0 Å². The van der Waals surface area contributed by atoms with Gasteiger partial charge in [0.2, 0.25) is 0 Å². The number of rotatable bonds is 3. The van der Waals surface area contributed by atoms with Crippen LogP contribution < -0.4 is 5.73 Å². The Labute approximate surface area is 112 Å². The summed E-state index contributed by atoms with van der Waals surface area (Å²) in [6.07, 6.45) is 0. The first kappa shape index (κ1) is 14.9. The summed E-state index contributed by atoms with van der Waals surface area (Å²) in [4.78, 5) is 24.1. The zero-order valence-electron chi connectivity index (χ0n) is 11.6. The van der Waals surface area contributed by atoms with Crippen molar-refractivity contribution >= 4 is 17.3 Å². The van der Waals surface area contributed by atoms with Gasteiger partial charge in [0.15, 0.2) is 0 Å². The van der Waals surface area contributed by atoms with Crippen LogP contribution in [0, 0.1) is 15.5 Å². The molecule has 0 aliphatic rings. The summed E-state index contributed by atoms with van der Waals surface area (Å²) in [7, 11) is 1.63. The molecule has 0 radical (unpaired) electrons. The number of carbonyl (C=O) groups is 1. The number of hydrogen-bond acceptors (Lipinski definition) is 4. The predicted octanol–water partition coefficient (Wildman–Crippen LogP) is 2.30. The van der Waals surface area contributed by atoms with Gasteiger partial charge in [-0.15, -0.1) is 0 Å². The summed E-state index contributed by atoms with van der Waals surface area (Å²) < 4.78 is 0. The molecule has 0 spiro atoms. The summed E-state index contributed by atoms with van der Waals surface area (Å²) in [6, 6.07) is 4.38. The Bertz CT molecular complexity index is 506. The fraction of sp³-hybridized carbons (Fsp3) is 0.462. The van der Waals surface area contributed by atoms with Crippen molar-refractivity contribution in [2.75, 3.05) is 19.3 Å². The van der Waals surface area contributed by atoms with Crippen molar-refractivity contribution in [1.29, 1.82) is 0 Å². The van der Waals surface area contributed by atoms with Crippen molar-refractivity contribution in [1.82, 2.24) is 4.90 Å². The molecule has 104 valence electrons. The van der Waals surface area contributed by atoms with E-state index in [2.05, 4.69) is 0 Å². The zero-order chi connectivity index (χ0) is 14.8. The van der Waals surface area contributed by atoms with E-state index in [0.717, 1.165) is 0 Å². The van der Waals surface area contributed by atoms with Gasteiger partial charge >= 0.3 is 5.69 Å². The number of nitro benzene ring substituents is 1. The summed E-state index contributed by atoms with van der Waals surface area (Å²) in [5.74, 6) is -0.395. The van der Waals surface area contributed by atoms with E-state index in [0.29, 0.717) is 6.54 Å². The van der Waals surface area contributed by atoms with Crippen molar-refractivity contribution in [3.05, 3.63) is 33.9 Å². The van der Waals surface area contributed by atoms with Crippen LogP contribution in [0.25, 0.3) is 0 Å². The molecule has 19 heavy (non-hydrogen) atoms. The monoisotopic (exact) mass is 265 g/mol. The third kappa shape index (κ3) is 3.67. The highest BCUT2D eigenvalue weighted by molar-refractivity contribution is 6.00. The maximum absolute atomic E-state index is 12.3. The van der Waals surface area contributed by atoms with Gasteiger partial charge in [0.1, 0.15) is 11.3 Å². The highest BCUT2D eigenvalue weighted by atomic mass is 16.6. The third-order valence-corrected chi connectivity index (χ3v) is 2.54. The van der Waals surface area contributed by atoms with Gasteiger partial charge in [-0.2, -0.15) is 0 Å². The Morgan fingerprint density at radius 3 is 2.47 bits per heavy atom. The Hall–Kier alpha value is -2.11. The second-order valence-electron chi connectivity index (χ2n) is 5.72. The topological polar surface area (TPSA) is 89.5 Å². The Morgan fingerprint density at radius 2 is 2.00 bits per heavy atom. The number of nitrogen functional groups attached to an aromatic ring is 1. The number of anilines is 1. The van der Waals surface area contributed by atoms with Crippen LogP contribution in [0.5, 0.6) is 0 Å². The van der Waals surface area contributed by atoms with Gasteiger partial charge in [-0.3, -0.25) is 14.9 Å². The molecule has 1 aromatic rings. The average molecular weight is 265 g/mol. The molecule has 0 bridgehead atoms. The molecule has 0 saturated heterocycles. The maximum atomic E-state index is 12.3. The van der Waals surface area contributed by atoms with Crippen LogP contribution in [-0.2, 0) is 0 Å². The minimum absolute atomic E-state index is 0.00000803. The molecule has 0 atom stereocenters. The molecule has 0 aromatic heterocycles. The third-order valence-electron chi connectivity index (χ3n) is 2.54. The van der Waals surface area contributed by atoms with Crippen LogP contribution in [-0.4, -0.2) is 29.3 Å². The largest absolute Gasteiger partial charge is 0.393 e. The van der Waals surface area contributed by atoms with Crippen molar-refractivity contribution in [3.8, 4) is 0 Å². The van der Waals surface area contributed by atoms with Gasteiger partial charge < -0.3 is 10.6 Å². The standard InChI is InChI=1S/C13H19N3O3/c1-13(2,3)8-15(4)12(17)9-6-5-7-10(14)11(9)16(18)19/h5-7H,8,14H2,1-4H3. The number of benzene rings is 1. The van der Waals surface area contributed by atoms with Gasteiger partial charge in [-0.25, -0.2) is 0 Å². The number of amides is 1. The highest BCUT2D eigenvalue weighted by Crippen LogP contribution is 2.27. The molecule has 0 unspecified atom stereocenters. The molecular weight excluding hydrogens is 246 g/mol.